The SMILES string of the molecule is C[Si](C)(C)C#N.Clc1cncc(Cl)c1.N#Cc1ncc(Cl)cc1Cl.N#Cc1ncc(Cl)cc1Cl.N#Cc1ncc(F)cc1F.N=C(N)c1ncc(F)cc1F.OO.O[n+]1cc(Cl)cc(Cl)c1.[C-]#N.[Cu+].[F-].[K+]. The van der Waals surface area contributed by atoms with Crippen LogP contribution in [0.15, 0.2) is 86.0 Å². The van der Waals surface area contributed by atoms with E-state index < -0.39 is 37.2 Å². The van der Waals surface area contributed by atoms with E-state index in [-0.39, 0.29) is 106 Å². The molecular weight excluding hydrogens is 1210 g/mol. The molecule has 6 aromatic heterocycles. The van der Waals surface area contributed by atoms with Crippen LogP contribution in [0.25, 0.3) is 0 Å². The molecule has 0 spiro atoms. The van der Waals surface area contributed by atoms with Gasteiger partial charge in [-0.05, 0) is 24.3 Å². The summed E-state index contributed by atoms with van der Waals surface area (Å²) >= 11 is 44.1. The molecule has 0 aliphatic carbocycles. The molecule has 16 nitrogen and oxygen atoms in total. The Morgan fingerprint density at radius 3 is 1.20 bits per heavy atom. The minimum absolute atomic E-state index is 0. The van der Waals surface area contributed by atoms with E-state index in [1.165, 1.54) is 61.4 Å². The Morgan fingerprint density at radius 1 is 0.606 bits per heavy atom. The summed E-state index contributed by atoms with van der Waals surface area (Å²) in [5.74, 6) is -3.92. The second-order valence-electron chi connectivity index (χ2n) is 11.9. The maximum atomic E-state index is 12.6. The van der Waals surface area contributed by atoms with Crippen molar-refractivity contribution in [3.8, 4) is 23.9 Å². The number of rotatable bonds is 1. The van der Waals surface area contributed by atoms with E-state index in [1.807, 2.05) is 31.8 Å². The number of halogens is 13. The number of nitrogen functional groups attached to an aromatic ring is 1. The molecule has 6 rings (SSSR count). The standard InChI is InChI=1S/2C6H2Cl2N2.C6H5F2N3.C6H2F2N2.C5H4Cl2NO.C5H3Cl2N.C4H9NSi.CN.Cu.FH.K.H2O2/c2*7-4-1-5(8)6(2-9)10-3-4;7-3-1-4(8)5(6(9)10)11-2-3;7-4-1-5(8)6(2-9)10-3-4;6-4-1-5(7)3-8(9)2-4;6-4-1-5(7)3-8-2-4;1-6(2,3)4-5;1-2;;;;1-2/h2*1,3H;1-2H,(H3,9,10);1,3H;1-3,9H;1-3H;1-3H3;;;1H;;1-2H/q;;;;+1;;;-1;+1;;+1;/p-1. The van der Waals surface area contributed by atoms with Crippen molar-refractivity contribution in [2.75, 3.05) is 0 Å². The number of nitrogens with two attached hydrogens (primary N) is 1. The van der Waals surface area contributed by atoms with Crippen molar-refractivity contribution in [3.05, 3.63) is 179 Å². The van der Waals surface area contributed by atoms with Gasteiger partial charge in [0.05, 0.1) is 42.5 Å². The van der Waals surface area contributed by atoms with E-state index >= 15 is 0 Å². The minimum atomic E-state index is -1.33. The Morgan fingerprint density at radius 2 is 0.930 bits per heavy atom. The fourth-order valence-electron chi connectivity index (χ4n) is 2.99. The molecule has 6 N–H and O–H groups in total. The van der Waals surface area contributed by atoms with Gasteiger partial charge in [-0.15, -0.1) is 0 Å². The molecule has 32 heteroatoms. The molecule has 0 saturated carbocycles. The van der Waals surface area contributed by atoms with Crippen molar-refractivity contribution in [1.82, 2.24) is 24.9 Å². The molecule has 0 bridgehead atoms. The van der Waals surface area contributed by atoms with Crippen molar-refractivity contribution in [3.63, 3.8) is 0 Å². The third-order valence-corrected chi connectivity index (χ3v) is 8.09. The molecule has 0 fully saturated rings. The molecule has 6 aromatic rings. The van der Waals surface area contributed by atoms with Gasteiger partial charge in [-0.1, -0.05) is 112 Å². The van der Waals surface area contributed by atoms with Crippen LogP contribution < -0.4 is 66.6 Å². The molecule has 374 valence electrons. The normalized spacial score (nSPS) is 8.49. The van der Waals surface area contributed by atoms with Crippen molar-refractivity contribution >= 4 is 107 Å². The fraction of sp³-hybridized carbons (Fsp3) is 0.0769. The molecule has 0 saturated heterocycles. The summed E-state index contributed by atoms with van der Waals surface area (Å²) in [4.78, 5) is 17.5. The molecule has 0 unspecified atom stereocenters. The van der Waals surface area contributed by atoms with Crippen LogP contribution in [0.5, 0.6) is 0 Å². The van der Waals surface area contributed by atoms with Gasteiger partial charge in [-0.3, -0.25) is 26.1 Å². The summed E-state index contributed by atoms with van der Waals surface area (Å²) in [6.07, 6.45) is 10.1. The first-order chi connectivity index (χ1) is 31.8. The average Bonchev–Trinajstić information content (AvgIpc) is 3.26. The fourth-order valence-corrected chi connectivity index (χ4v) is 4.72. The molecule has 0 aliphatic rings. The predicted molar refractivity (Wildman–Crippen MR) is 249 cm³/mol. The van der Waals surface area contributed by atoms with Gasteiger partial charge in [0.1, 0.15) is 51.4 Å². The zero-order valence-corrected chi connectivity index (χ0v) is 47.2. The van der Waals surface area contributed by atoms with Crippen molar-refractivity contribution in [2.45, 2.75) is 19.6 Å². The zero-order chi connectivity index (χ0) is 53.2. The molecule has 0 amide bonds. The number of nitrogens with one attached hydrogen (secondary N) is 1. The summed E-state index contributed by atoms with van der Waals surface area (Å²) in [7, 11) is -1.33. The van der Waals surface area contributed by atoms with Crippen LogP contribution in [0.4, 0.5) is 17.6 Å². The Labute approximate surface area is 497 Å². The van der Waals surface area contributed by atoms with E-state index in [9.17, 15) is 17.6 Å². The number of nitrogens with zero attached hydrogens (tertiary/aromatic N) is 11. The maximum absolute atomic E-state index is 12.6. The van der Waals surface area contributed by atoms with Gasteiger partial charge in [0.15, 0.2) is 36.8 Å². The van der Waals surface area contributed by atoms with Crippen LogP contribution >= 0.6 is 92.8 Å². The van der Waals surface area contributed by atoms with E-state index in [4.69, 9.17) is 153 Å². The van der Waals surface area contributed by atoms with Crippen LogP contribution in [0.1, 0.15) is 22.8 Å². The van der Waals surface area contributed by atoms with Gasteiger partial charge in [-0.2, -0.15) is 15.8 Å². The topological polar surface area (TPSA) is 298 Å². The number of amidine groups is 1. The van der Waals surface area contributed by atoms with Crippen LogP contribution in [0.2, 0.25) is 59.8 Å². The van der Waals surface area contributed by atoms with Crippen molar-refractivity contribution in [2.24, 2.45) is 5.73 Å². The van der Waals surface area contributed by atoms with Crippen LogP contribution in [0.3, 0.4) is 0 Å². The first-order valence-electron chi connectivity index (χ1n) is 16.8. The molecule has 0 aliphatic heterocycles. The largest absolute Gasteiger partial charge is 1.00 e. The van der Waals surface area contributed by atoms with Crippen molar-refractivity contribution < 1.29 is 111 Å². The Kier molecular flexibility index (Phi) is 49.2. The van der Waals surface area contributed by atoms with Gasteiger partial charge >= 0.3 is 68.5 Å². The van der Waals surface area contributed by atoms with E-state index in [1.54, 1.807) is 6.07 Å². The molecule has 71 heavy (non-hydrogen) atoms. The quantitative estimate of drug-likeness (QED) is 0.0150. The second kappa shape index (κ2) is 44.6. The second-order valence-corrected chi connectivity index (χ2v) is 20.1. The molecular formula is C39H29Cl8CuF5KN13O3Si+. The number of pyridine rings is 6. The third-order valence-electron chi connectivity index (χ3n) is 5.60. The maximum Gasteiger partial charge on any atom is 1.00 e. The summed E-state index contributed by atoms with van der Waals surface area (Å²) in [6, 6.07) is 12.5. The minimum Gasteiger partial charge on any atom is -1.00 e. The van der Waals surface area contributed by atoms with E-state index in [2.05, 4.69) is 30.6 Å². The molecule has 0 aromatic carbocycles. The van der Waals surface area contributed by atoms with Gasteiger partial charge in [0, 0.05) is 47.3 Å². The van der Waals surface area contributed by atoms with Crippen molar-refractivity contribution in [1.29, 1.82) is 31.7 Å². The zero-order valence-electron chi connectivity index (χ0n) is 36.1. The Hall–Kier alpha value is -4.12. The van der Waals surface area contributed by atoms with Crippen LogP contribution in [-0.2, 0) is 17.1 Å². The summed E-state index contributed by atoms with van der Waals surface area (Å²) in [5.41, 5.74) is 6.85. The molecule has 6 heterocycles. The van der Waals surface area contributed by atoms with E-state index in [0.717, 1.165) is 17.1 Å². The number of aromatic nitrogens is 6. The Bertz CT molecular complexity index is 2540. The number of nitriles is 4. The third kappa shape index (κ3) is 39.1. The van der Waals surface area contributed by atoms with Crippen LogP contribution in [-0.4, -0.2) is 54.6 Å². The van der Waals surface area contributed by atoms with Gasteiger partial charge in [-0.25, -0.2) is 42.8 Å². The first-order valence-corrected chi connectivity index (χ1v) is 23.3. The van der Waals surface area contributed by atoms with Gasteiger partial charge in [0.25, 0.3) is 0 Å². The average molecular weight is 1240 g/mol. The van der Waals surface area contributed by atoms with Gasteiger partial charge < -0.3 is 22.3 Å². The Balaban J connectivity index is -0.000000171. The smallest absolute Gasteiger partial charge is 1.00 e. The van der Waals surface area contributed by atoms with Crippen LogP contribution in [0, 0.1) is 85.5 Å². The molecule has 0 radical (unpaired) electrons. The summed E-state index contributed by atoms with van der Waals surface area (Å²) in [5, 5.41) is 70.3. The first kappa shape index (κ1) is 78.3. The number of hydrogen-bond donors (Lipinski definition) is 5. The summed E-state index contributed by atoms with van der Waals surface area (Å²) < 4.78 is 50.0. The predicted octanol–water partition coefficient (Wildman–Crippen LogP) is 5.81. The monoisotopic (exact) mass is 1230 g/mol. The van der Waals surface area contributed by atoms with Gasteiger partial charge in [0.2, 0.25) is 12.4 Å². The molecule has 0 atom stereocenters. The van der Waals surface area contributed by atoms with E-state index in [0.29, 0.717) is 42.3 Å². The number of hydrogen-bond acceptors (Lipinski definition) is 14. The summed E-state index contributed by atoms with van der Waals surface area (Å²) in [6.45, 7) is 10.8.